The lowest BCUT2D eigenvalue weighted by molar-refractivity contribution is -0.137. The highest BCUT2D eigenvalue weighted by atomic mass is 35.5. The van der Waals surface area contributed by atoms with Crippen LogP contribution in [0.25, 0.3) is 0 Å². The standard InChI is InChI=1S/C15H9ClF4O/c1-8-6-10(15(18,19)20)3-4-11(8)14(21)9-2-5-12(16)13(17)7-9/h2-7H,1H3. The average Bonchev–Trinajstić information content (AvgIpc) is 2.40. The topological polar surface area (TPSA) is 17.1 Å². The maximum Gasteiger partial charge on any atom is 0.416 e. The third kappa shape index (κ3) is 3.24. The van der Waals surface area contributed by atoms with Gasteiger partial charge >= 0.3 is 6.18 Å². The van der Waals surface area contributed by atoms with Crippen LogP contribution in [0.1, 0.15) is 27.0 Å². The van der Waals surface area contributed by atoms with Crippen molar-refractivity contribution in [3.05, 3.63) is 69.5 Å². The van der Waals surface area contributed by atoms with Crippen LogP contribution in [0.4, 0.5) is 17.6 Å². The van der Waals surface area contributed by atoms with Crippen molar-refractivity contribution in [3.8, 4) is 0 Å². The number of ketones is 1. The summed E-state index contributed by atoms with van der Waals surface area (Å²) in [7, 11) is 0. The molecule has 0 saturated carbocycles. The van der Waals surface area contributed by atoms with Gasteiger partial charge in [-0.25, -0.2) is 4.39 Å². The van der Waals surface area contributed by atoms with Crippen LogP contribution in [-0.4, -0.2) is 5.78 Å². The van der Waals surface area contributed by atoms with E-state index < -0.39 is 23.3 Å². The molecule has 6 heteroatoms. The molecule has 0 atom stereocenters. The van der Waals surface area contributed by atoms with Crippen LogP contribution in [-0.2, 0) is 6.18 Å². The molecule has 21 heavy (non-hydrogen) atoms. The Hall–Kier alpha value is -1.88. The van der Waals surface area contributed by atoms with Gasteiger partial charge in [0.05, 0.1) is 10.6 Å². The highest BCUT2D eigenvalue weighted by Crippen LogP contribution is 2.31. The number of rotatable bonds is 2. The second-order valence-corrected chi connectivity index (χ2v) is 4.89. The zero-order chi connectivity index (χ0) is 15.8. The number of hydrogen-bond acceptors (Lipinski definition) is 1. The molecule has 0 aromatic heterocycles. The molecule has 0 radical (unpaired) electrons. The number of carbonyl (C=O) groups excluding carboxylic acids is 1. The minimum atomic E-state index is -4.47. The molecule has 0 saturated heterocycles. The molecule has 0 aliphatic carbocycles. The Morgan fingerprint density at radius 3 is 2.29 bits per heavy atom. The van der Waals surface area contributed by atoms with Crippen molar-refractivity contribution in [2.45, 2.75) is 13.1 Å². The van der Waals surface area contributed by atoms with E-state index in [9.17, 15) is 22.4 Å². The Bertz CT molecular complexity index is 707. The van der Waals surface area contributed by atoms with Gasteiger partial charge in [0.25, 0.3) is 0 Å². The summed E-state index contributed by atoms with van der Waals surface area (Å²) in [6.45, 7) is 1.40. The Labute approximate surface area is 123 Å². The van der Waals surface area contributed by atoms with Crippen molar-refractivity contribution >= 4 is 17.4 Å². The van der Waals surface area contributed by atoms with Gasteiger partial charge < -0.3 is 0 Å². The van der Waals surface area contributed by atoms with Crippen molar-refractivity contribution < 1.29 is 22.4 Å². The lowest BCUT2D eigenvalue weighted by Crippen LogP contribution is -2.09. The third-order valence-electron chi connectivity index (χ3n) is 2.98. The largest absolute Gasteiger partial charge is 0.416 e. The fraction of sp³-hybridized carbons (Fsp3) is 0.133. The first-order valence-electron chi connectivity index (χ1n) is 5.88. The Kier molecular flexibility index (Phi) is 4.05. The molecule has 2 aromatic carbocycles. The maximum atomic E-state index is 13.3. The van der Waals surface area contributed by atoms with Crippen LogP contribution in [0.2, 0.25) is 5.02 Å². The van der Waals surface area contributed by atoms with E-state index in [1.807, 2.05) is 0 Å². The van der Waals surface area contributed by atoms with Gasteiger partial charge in [-0.1, -0.05) is 17.7 Å². The van der Waals surface area contributed by atoms with Gasteiger partial charge in [0.1, 0.15) is 5.82 Å². The van der Waals surface area contributed by atoms with Gasteiger partial charge in [-0.3, -0.25) is 4.79 Å². The van der Waals surface area contributed by atoms with Crippen LogP contribution in [0.3, 0.4) is 0 Å². The predicted molar refractivity (Wildman–Crippen MR) is 71.0 cm³/mol. The van der Waals surface area contributed by atoms with E-state index in [0.717, 1.165) is 24.3 Å². The molecule has 1 nitrogen and oxygen atoms in total. The van der Waals surface area contributed by atoms with Gasteiger partial charge in [0.2, 0.25) is 0 Å². The van der Waals surface area contributed by atoms with Gasteiger partial charge in [0.15, 0.2) is 5.78 Å². The molecule has 0 unspecified atom stereocenters. The molecular weight excluding hydrogens is 308 g/mol. The van der Waals surface area contributed by atoms with Crippen LogP contribution in [0, 0.1) is 12.7 Å². The van der Waals surface area contributed by atoms with Crippen molar-refractivity contribution in [2.24, 2.45) is 0 Å². The third-order valence-corrected chi connectivity index (χ3v) is 3.29. The second kappa shape index (κ2) is 5.48. The van der Waals surface area contributed by atoms with E-state index in [4.69, 9.17) is 11.6 Å². The average molecular weight is 317 g/mol. The highest BCUT2D eigenvalue weighted by Gasteiger charge is 2.31. The summed E-state index contributed by atoms with van der Waals surface area (Å²) in [5.41, 5.74) is -0.548. The van der Waals surface area contributed by atoms with Gasteiger partial charge in [-0.2, -0.15) is 13.2 Å². The molecule has 2 aromatic rings. The summed E-state index contributed by atoms with van der Waals surface area (Å²) < 4.78 is 51.1. The summed E-state index contributed by atoms with van der Waals surface area (Å²) in [5, 5.41) is -0.129. The summed E-state index contributed by atoms with van der Waals surface area (Å²) >= 11 is 5.52. The summed E-state index contributed by atoms with van der Waals surface area (Å²) in [6, 6.07) is 6.31. The molecule has 0 aliphatic heterocycles. The summed E-state index contributed by atoms with van der Waals surface area (Å²) in [6.07, 6.45) is -4.47. The highest BCUT2D eigenvalue weighted by molar-refractivity contribution is 6.30. The predicted octanol–water partition coefficient (Wildman–Crippen LogP) is 5.04. The molecule has 110 valence electrons. The first-order valence-corrected chi connectivity index (χ1v) is 6.25. The molecule has 0 heterocycles. The Morgan fingerprint density at radius 2 is 1.76 bits per heavy atom. The van der Waals surface area contributed by atoms with Gasteiger partial charge in [0, 0.05) is 11.1 Å². The van der Waals surface area contributed by atoms with E-state index in [1.54, 1.807) is 0 Å². The minimum Gasteiger partial charge on any atom is -0.289 e. The Balaban J connectivity index is 2.42. The monoisotopic (exact) mass is 316 g/mol. The molecule has 0 aliphatic rings. The van der Waals surface area contributed by atoms with Crippen LogP contribution < -0.4 is 0 Å². The van der Waals surface area contributed by atoms with E-state index in [0.29, 0.717) is 0 Å². The number of alkyl halides is 3. The smallest absolute Gasteiger partial charge is 0.289 e. The number of halogens is 5. The fourth-order valence-corrected chi connectivity index (χ4v) is 2.01. The van der Waals surface area contributed by atoms with Gasteiger partial charge in [-0.05, 0) is 42.8 Å². The Morgan fingerprint density at radius 1 is 1.10 bits per heavy atom. The van der Waals surface area contributed by atoms with E-state index in [1.165, 1.54) is 19.1 Å². The van der Waals surface area contributed by atoms with Crippen LogP contribution in [0.15, 0.2) is 36.4 Å². The lowest BCUT2D eigenvalue weighted by atomic mass is 9.97. The van der Waals surface area contributed by atoms with Crippen molar-refractivity contribution in [2.75, 3.05) is 0 Å². The van der Waals surface area contributed by atoms with Crippen molar-refractivity contribution in [1.29, 1.82) is 0 Å². The quantitative estimate of drug-likeness (QED) is 0.560. The van der Waals surface area contributed by atoms with E-state index in [-0.39, 0.29) is 21.7 Å². The second-order valence-electron chi connectivity index (χ2n) is 4.49. The normalized spacial score (nSPS) is 11.5. The minimum absolute atomic E-state index is 0.0276. The zero-order valence-corrected chi connectivity index (χ0v) is 11.5. The number of hydrogen-bond donors (Lipinski definition) is 0. The van der Waals surface area contributed by atoms with E-state index in [2.05, 4.69) is 0 Å². The number of benzene rings is 2. The summed E-state index contributed by atoms with van der Waals surface area (Å²) in [4.78, 5) is 12.2. The molecule has 0 spiro atoms. The van der Waals surface area contributed by atoms with Crippen LogP contribution in [0.5, 0.6) is 0 Å². The molecule has 0 amide bonds. The summed E-state index contributed by atoms with van der Waals surface area (Å²) in [5.74, 6) is -1.32. The van der Waals surface area contributed by atoms with Crippen molar-refractivity contribution in [1.82, 2.24) is 0 Å². The molecule has 2 rings (SSSR count). The molecular formula is C15H9ClF4O. The van der Waals surface area contributed by atoms with Crippen LogP contribution >= 0.6 is 11.6 Å². The molecule has 0 N–H and O–H groups in total. The molecule has 0 fully saturated rings. The SMILES string of the molecule is Cc1cc(C(F)(F)F)ccc1C(=O)c1ccc(Cl)c(F)c1. The molecule has 0 bridgehead atoms. The first-order chi connectivity index (χ1) is 9.70. The maximum absolute atomic E-state index is 13.3. The zero-order valence-electron chi connectivity index (χ0n) is 10.8. The lowest BCUT2D eigenvalue weighted by Gasteiger charge is -2.10. The fourth-order valence-electron chi connectivity index (χ4n) is 1.89. The van der Waals surface area contributed by atoms with Gasteiger partial charge in [-0.15, -0.1) is 0 Å². The first kappa shape index (κ1) is 15.5. The van der Waals surface area contributed by atoms with Crippen molar-refractivity contribution in [3.63, 3.8) is 0 Å². The number of aryl methyl sites for hydroxylation is 1. The number of carbonyl (C=O) groups is 1. The van der Waals surface area contributed by atoms with E-state index >= 15 is 0 Å².